The van der Waals surface area contributed by atoms with E-state index in [0.29, 0.717) is 6.61 Å². The molecule has 1 aromatic carbocycles. The summed E-state index contributed by atoms with van der Waals surface area (Å²) in [6.07, 6.45) is 1.10. The third kappa shape index (κ3) is 4.48. The minimum atomic E-state index is 0.500. The molecule has 0 radical (unpaired) electrons. The van der Waals surface area contributed by atoms with Gasteiger partial charge in [0.1, 0.15) is 12.4 Å². The van der Waals surface area contributed by atoms with Crippen LogP contribution in [-0.4, -0.2) is 16.3 Å². The summed E-state index contributed by atoms with van der Waals surface area (Å²) in [5.74, 6) is 0.863. The van der Waals surface area contributed by atoms with Crippen molar-refractivity contribution in [2.45, 2.75) is 33.4 Å². The van der Waals surface area contributed by atoms with Crippen molar-refractivity contribution < 1.29 is 4.74 Å². The van der Waals surface area contributed by atoms with E-state index in [1.54, 1.807) is 0 Å². The molecular formula is C16H22ClN3O. The number of halogens is 1. The largest absolute Gasteiger partial charge is 0.487 e. The van der Waals surface area contributed by atoms with Crippen LogP contribution in [-0.2, 0) is 20.2 Å². The van der Waals surface area contributed by atoms with E-state index in [1.165, 1.54) is 0 Å². The van der Waals surface area contributed by atoms with Gasteiger partial charge in [0, 0.05) is 24.2 Å². The fraction of sp³-hybridized carbons (Fsp3) is 0.438. The minimum Gasteiger partial charge on any atom is -0.487 e. The summed E-state index contributed by atoms with van der Waals surface area (Å²) >= 11 is 6.08. The molecule has 0 fully saturated rings. The maximum Gasteiger partial charge on any atom is 0.130 e. The van der Waals surface area contributed by atoms with Gasteiger partial charge >= 0.3 is 0 Å². The predicted octanol–water partition coefficient (Wildman–Crippen LogP) is 3.46. The van der Waals surface area contributed by atoms with E-state index in [-0.39, 0.29) is 0 Å². The average Bonchev–Trinajstić information content (AvgIpc) is 2.76. The Bertz CT molecular complexity index is 595. The number of rotatable bonds is 7. The molecule has 0 amide bonds. The second-order valence-electron chi connectivity index (χ2n) is 5.12. The molecule has 0 spiro atoms. The highest BCUT2D eigenvalue weighted by atomic mass is 35.5. The highest BCUT2D eigenvalue weighted by molar-refractivity contribution is 6.30. The summed E-state index contributed by atoms with van der Waals surface area (Å²) in [4.78, 5) is 0. The summed E-state index contributed by atoms with van der Waals surface area (Å²) in [5, 5.41) is 8.43. The van der Waals surface area contributed by atoms with E-state index >= 15 is 0 Å². The monoisotopic (exact) mass is 307 g/mol. The number of nitrogens with zero attached hydrogens (tertiary/aromatic N) is 2. The minimum absolute atomic E-state index is 0.500. The van der Waals surface area contributed by atoms with E-state index in [9.17, 15) is 0 Å². The van der Waals surface area contributed by atoms with Gasteiger partial charge in [0.15, 0.2) is 0 Å². The van der Waals surface area contributed by atoms with Crippen LogP contribution in [0.15, 0.2) is 24.3 Å². The van der Waals surface area contributed by atoms with Crippen LogP contribution in [0.3, 0.4) is 0 Å². The maximum absolute atomic E-state index is 6.08. The van der Waals surface area contributed by atoms with Gasteiger partial charge in [-0.1, -0.05) is 18.5 Å². The molecule has 2 rings (SSSR count). The fourth-order valence-corrected chi connectivity index (χ4v) is 2.37. The van der Waals surface area contributed by atoms with Gasteiger partial charge in [0.05, 0.1) is 11.4 Å². The van der Waals surface area contributed by atoms with Gasteiger partial charge in [-0.2, -0.15) is 5.10 Å². The van der Waals surface area contributed by atoms with Crippen LogP contribution in [0, 0.1) is 6.92 Å². The van der Waals surface area contributed by atoms with Crippen molar-refractivity contribution in [2.75, 3.05) is 6.54 Å². The Morgan fingerprint density at radius 1 is 1.33 bits per heavy atom. The predicted molar refractivity (Wildman–Crippen MR) is 85.7 cm³/mol. The number of aromatic nitrogens is 2. The number of hydrogen-bond acceptors (Lipinski definition) is 3. The van der Waals surface area contributed by atoms with Crippen molar-refractivity contribution in [3.63, 3.8) is 0 Å². The standard InChI is InChI=1S/C16H22ClN3O/c1-4-7-18-10-13-9-14(17)5-6-16(13)21-11-15-8-12(2)19-20(15)3/h5-6,8-9,18H,4,7,10-11H2,1-3H3. The highest BCUT2D eigenvalue weighted by Crippen LogP contribution is 2.24. The van der Waals surface area contributed by atoms with Crippen molar-refractivity contribution in [1.82, 2.24) is 15.1 Å². The molecule has 21 heavy (non-hydrogen) atoms. The van der Waals surface area contributed by atoms with Crippen LogP contribution < -0.4 is 10.1 Å². The van der Waals surface area contributed by atoms with Crippen LogP contribution in [0.25, 0.3) is 0 Å². The zero-order chi connectivity index (χ0) is 15.2. The summed E-state index contributed by atoms with van der Waals surface area (Å²) in [5.41, 5.74) is 3.13. The summed E-state index contributed by atoms with van der Waals surface area (Å²) in [6.45, 7) is 6.36. The van der Waals surface area contributed by atoms with Gasteiger partial charge in [0.25, 0.3) is 0 Å². The molecule has 2 aromatic rings. The Kier molecular flexibility index (Phi) is 5.65. The SMILES string of the molecule is CCCNCc1cc(Cl)ccc1OCc1cc(C)nn1C. The van der Waals surface area contributed by atoms with Crippen LogP contribution >= 0.6 is 11.6 Å². The fourth-order valence-electron chi connectivity index (χ4n) is 2.18. The summed E-state index contributed by atoms with van der Waals surface area (Å²) in [6, 6.07) is 7.77. The molecule has 1 N–H and O–H groups in total. The van der Waals surface area contributed by atoms with Gasteiger partial charge in [0.2, 0.25) is 0 Å². The zero-order valence-electron chi connectivity index (χ0n) is 12.8. The second-order valence-corrected chi connectivity index (χ2v) is 5.55. The molecule has 0 aliphatic rings. The van der Waals surface area contributed by atoms with Crippen LogP contribution in [0.2, 0.25) is 5.02 Å². The molecule has 4 nitrogen and oxygen atoms in total. The summed E-state index contributed by atoms with van der Waals surface area (Å²) < 4.78 is 7.79. The van der Waals surface area contributed by atoms with Crippen molar-refractivity contribution in [1.29, 1.82) is 0 Å². The third-order valence-corrected chi connectivity index (χ3v) is 3.47. The zero-order valence-corrected chi connectivity index (χ0v) is 13.6. The Labute approximate surface area is 131 Å². The van der Waals surface area contributed by atoms with E-state index in [4.69, 9.17) is 16.3 Å². The molecule has 0 saturated carbocycles. The number of ether oxygens (including phenoxy) is 1. The summed E-state index contributed by atoms with van der Waals surface area (Å²) in [7, 11) is 1.93. The number of aryl methyl sites for hydroxylation is 2. The normalized spacial score (nSPS) is 10.9. The van der Waals surface area contributed by atoms with Crippen molar-refractivity contribution >= 4 is 11.6 Å². The first-order chi connectivity index (χ1) is 10.1. The Morgan fingerprint density at radius 3 is 2.81 bits per heavy atom. The molecule has 0 atom stereocenters. The Hall–Kier alpha value is -1.52. The lowest BCUT2D eigenvalue weighted by Gasteiger charge is -2.12. The highest BCUT2D eigenvalue weighted by Gasteiger charge is 2.07. The average molecular weight is 308 g/mol. The van der Waals surface area contributed by atoms with Gasteiger partial charge in [-0.05, 0) is 44.2 Å². The first-order valence-corrected chi connectivity index (χ1v) is 7.59. The number of benzene rings is 1. The molecule has 0 unspecified atom stereocenters. The molecule has 0 saturated heterocycles. The lowest BCUT2D eigenvalue weighted by atomic mass is 10.2. The molecule has 1 aromatic heterocycles. The maximum atomic E-state index is 6.08. The van der Waals surface area contributed by atoms with Gasteiger partial charge in [-0.3, -0.25) is 4.68 Å². The van der Waals surface area contributed by atoms with E-state index in [1.807, 2.05) is 42.9 Å². The van der Waals surface area contributed by atoms with Gasteiger partial charge in [-0.15, -0.1) is 0 Å². The second kappa shape index (κ2) is 7.48. The Balaban J connectivity index is 2.06. The molecule has 5 heteroatoms. The first-order valence-electron chi connectivity index (χ1n) is 7.21. The Morgan fingerprint density at radius 2 is 2.14 bits per heavy atom. The van der Waals surface area contributed by atoms with Gasteiger partial charge in [-0.25, -0.2) is 0 Å². The van der Waals surface area contributed by atoms with Crippen molar-refractivity contribution in [3.05, 3.63) is 46.2 Å². The smallest absolute Gasteiger partial charge is 0.130 e. The molecule has 0 bridgehead atoms. The van der Waals surface area contributed by atoms with Gasteiger partial charge < -0.3 is 10.1 Å². The first kappa shape index (κ1) is 15.9. The van der Waals surface area contributed by atoms with E-state index < -0.39 is 0 Å². The van der Waals surface area contributed by atoms with Crippen LogP contribution in [0.5, 0.6) is 5.75 Å². The molecule has 1 heterocycles. The topological polar surface area (TPSA) is 39.1 Å². The van der Waals surface area contributed by atoms with Crippen molar-refractivity contribution in [3.8, 4) is 5.75 Å². The van der Waals surface area contributed by atoms with Crippen molar-refractivity contribution in [2.24, 2.45) is 7.05 Å². The molecule has 114 valence electrons. The number of hydrogen-bond donors (Lipinski definition) is 1. The molecule has 0 aliphatic heterocycles. The van der Waals surface area contributed by atoms with E-state index in [0.717, 1.165) is 47.2 Å². The number of nitrogens with one attached hydrogen (secondary N) is 1. The molecule has 0 aliphatic carbocycles. The third-order valence-electron chi connectivity index (χ3n) is 3.24. The van der Waals surface area contributed by atoms with Crippen LogP contribution in [0.1, 0.15) is 30.3 Å². The quantitative estimate of drug-likeness (QED) is 0.796. The molecular weight excluding hydrogens is 286 g/mol. The van der Waals surface area contributed by atoms with Crippen LogP contribution in [0.4, 0.5) is 0 Å². The lowest BCUT2D eigenvalue weighted by Crippen LogP contribution is -2.15. The van der Waals surface area contributed by atoms with E-state index in [2.05, 4.69) is 17.3 Å². The lowest BCUT2D eigenvalue weighted by molar-refractivity contribution is 0.291.